The van der Waals surface area contributed by atoms with Crippen LogP contribution in [0.25, 0.3) is 16.7 Å². The Bertz CT molecular complexity index is 1570. The number of anilines is 1. The largest absolute Gasteiger partial charge is 0.477 e. The van der Waals surface area contributed by atoms with Crippen molar-refractivity contribution in [2.75, 3.05) is 18.0 Å². The fourth-order valence-electron chi connectivity index (χ4n) is 5.56. The van der Waals surface area contributed by atoms with Gasteiger partial charge in [-0.1, -0.05) is 0 Å². The third kappa shape index (κ3) is 4.79. The Kier molecular flexibility index (Phi) is 6.31. The summed E-state index contributed by atoms with van der Waals surface area (Å²) in [5.41, 5.74) is -2.71. The Balaban J connectivity index is 1.47. The molecule has 1 aromatic carbocycles. The number of pyridine rings is 2. The van der Waals surface area contributed by atoms with Crippen molar-refractivity contribution in [3.05, 3.63) is 63.7 Å². The summed E-state index contributed by atoms with van der Waals surface area (Å²) in [5, 5.41) is 11.9. The third-order valence-corrected chi connectivity index (χ3v) is 7.32. The molecule has 3 heterocycles. The molecule has 1 amide bonds. The molecule has 1 aliphatic carbocycles. The Morgan fingerprint density at radius 3 is 2.49 bits per heavy atom. The number of ether oxygens (including phenoxy) is 1. The minimum Gasteiger partial charge on any atom is -0.477 e. The summed E-state index contributed by atoms with van der Waals surface area (Å²) in [7, 11) is 0. The lowest BCUT2D eigenvalue weighted by Crippen LogP contribution is -2.38. The molecule has 3 aromatic rings. The molecular formula is C27H27F3N4O5. The van der Waals surface area contributed by atoms with E-state index < -0.39 is 46.1 Å². The highest BCUT2D eigenvalue weighted by atomic mass is 19.1. The number of carbonyl (C=O) groups is 2. The van der Waals surface area contributed by atoms with Crippen LogP contribution in [-0.4, -0.2) is 51.5 Å². The number of amides is 1. The number of nitrogens with zero attached hydrogens (tertiary/aromatic N) is 3. The smallest absolute Gasteiger partial charge is 0.407 e. The summed E-state index contributed by atoms with van der Waals surface area (Å²) in [6.45, 7) is 8.08. The summed E-state index contributed by atoms with van der Waals surface area (Å²) >= 11 is 0. The maximum Gasteiger partial charge on any atom is 0.407 e. The maximum atomic E-state index is 15.4. The van der Waals surface area contributed by atoms with Crippen molar-refractivity contribution in [2.24, 2.45) is 17.8 Å². The first kappa shape index (κ1) is 26.5. The number of benzene rings is 1. The van der Waals surface area contributed by atoms with Crippen molar-refractivity contribution in [3.8, 4) is 5.69 Å². The lowest BCUT2D eigenvalue weighted by Gasteiger charge is -2.28. The van der Waals surface area contributed by atoms with E-state index in [2.05, 4.69) is 10.3 Å². The molecule has 2 fully saturated rings. The van der Waals surface area contributed by atoms with E-state index in [0.717, 1.165) is 29.0 Å². The molecule has 5 rings (SSSR count). The average Bonchev–Trinajstić information content (AvgIpc) is 3.41. The number of fused-ring (bicyclic) bond motifs is 2. The second-order valence-corrected chi connectivity index (χ2v) is 11.0. The molecule has 206 valence electrons. The molecule has 0 unspecified atom stereocenters. The molecule has 0 bridgehead atoms. The van der Waals surface area contributed by atoms with Crippen LogP contribution in [0.15, 0.2) is 35.3 Å². The predicted octanol–water partition coefficient (Wildman–Crippen LogP) is 4.10. The van der Waals surface area contributed by atoms with Crippen LogP contribution in [0, 0.1) is 35.2 Å². The minimum absolute atomic E-state index is 0.0696. The molecule has 0 radical (unpaired) electrons. The van der Waals surface area contributed by atoms with Crippen LogP contribution in [0.1, 0.15) is 38.1 Å². The molecular weight excluding hydrogens is 517 g/mol. The van der Waals surface area contributed by atoms with Gasteiger partial charge in [0.2, 0.25) is 5.43 Å². The van der Waals surface area contributed by atoms with Gasteiger partial charge in [0.15, 0.2) is 17.3 Å². The van der Waals surface area contributed by atoms with Crippen LogP contribution in [0.3, 0.4) is 0 Å². The van der Waals surface area contributed by atoms with Crippen molar-refractivity contribution in [1.82, 2.24) is 14.9 Å². The van der Waals surface area contributed by atoms with Crippen molar-refractivity contribution in [3.63, 3.8) is 0 Å². The van der Waals surface area contributed by atoms with Crippen LogP contribution in [0.5, 0.6) is 0 Å². The topological polar surface area (TPSA) is 114 Å². The van der Waals surface area contributed by atoms with Gasteiger partial charge >= 0.3 is 12.1 Å². The van der Waals surface area contributed by atoms with E-state index in [1.807, 2.05) is 6.92 Å². The third-order valence-electron chi connectivity index (χ3n) is 7.32. The van der Waals surface area contributed by atoms with E-state index in [9.17, 15) is 28.3 Å². The molecule has 2 aromatic heterocycles. The first-order valence-corrected chi connectivity index (χ1v) is 12.4. The molecule has 1 saturated heterocycles. The van der Waals surface area contributed by atoms with Gasteiger partial charge in [-0.25, -0.2) is 27.7 Å². The Hall–Kier alpha value is -4.09. The SMILES string of the molecule is C[C@@H]1[C@@H]2[C@H](CNC(=O)OC(C)(C)C)[C@H]2CN1c1nc2c(cc1F)c(=O)c(C(=O)O)cn2-c1ccc(F)cc1F. The highest BCUT2D eigenvalue weighted by Gasteiger charge is 2.60. The Morgan fingerprint density at radius 1 is 1.18 bits per heavy atom. The number of piperidine rings is 1. The summed E-state index contributed by atoms with van der Waals surface area (Å²) in [5.74, 6) is -3.84. The number of aromatic carboxylic acids is 1. The molecule has 1 aliphatic heterocycles. The number of carbonyl (C=O) groups excluding carboxylic acids is 1. The van der Waals surface area contributed by atoms with E-state index in [-0.39, 0.29) is 46.3 Å². The van der Waals surface area contributed by atoms with Gasteiger partial charge in [-0.05, 0) is 63.6 Å². The van der Waals surface area contributed by atoms with Crippen LogP contribution in [0.4, 0.5) is 23.8 Å². The number of carboxylic acid groups (broad SMARTS) is 1. The number of alkyl carbamates (subject to hydrolysis) is 1. The zero-order chi connectivity index (χ0) is 28.4. The average molecular weight is 545 g/mol. The molecule has 12 heteroatoms. The van der Waals surface area contributed by atoms with Gasteiger partial charge < -0.3 is 20.1 Å². The van der Waals surface area contributed by atoms with Crippen molar-refractivity contribution < 1.29 is 32.6 Å². The first-order valence-electron chi connectivity index (χ1n) is 12.4. The van der Waals surface area contributed by atoms with E-state index in [1.54, 1.807) is 25.7 Å². The molecule has 1 saturated carbocycles. The van der Waals surface area contributed by atoms with Gasteiger partial charge in [-0.15, -0.1) is 0 Å². The Morgan fingerprint density at radius 2 is 1.90 bits per heavy atom. The summed E-state index contributed by atoms with van der Waals surface area (Å²) in [6.07, 6.45) is 0.396. The maximum absolute atomic E-state index is 15.4. The number of carboxylic acids is 1. The highest BCUT2D eigenvalue weighted by molar-refractivity contribution is 5.92. The summed E-state index contributed by atoms with van der Waals surface area (Å²) in [6, 6.07) is 3.42. The fourth-order valence-corrected chi connectivity index (χ4v) is 5.56. The van der Waals surface area contributed by atoms with E-state index in [1.165, 1.54) is 0 Å². The second kappa shape index (κ2) is 9.28. The fraction of sp³-hybridized carbons (Fsp3) is 0.407. The second-order valence-electron chi connectivity index (χ2n) is 11.0. The van der Waals surface area contributed by atoms with Crippen LogP contribution in [0.2, 0.25) is 0 Å². The monoisotopic (exact) mass is 544 g/mol. The molecule has 9 nitrogen and oxygen atoms in total. The molecule has 4 atom stereocenters. The van der Waals surface area contributed by atoms with Crippen LogP contribution in [-0.2, 0) is 4.74 Å². The van der Waals surface area contributed by atoms with Gasteiger partial charge in [0.05, 0.1) is 11.1 Å². The van der Waals surface area contributed by atoms with E-state index in [4.69, 9.17) is 4.74 Å². The lowest BCUT2D eigenvalue weighted by molar-refractivity contribution is 0.0522. The van der Waals surface area contributed by atoms with Crippen molar-refractivity contribution >= 4 is 28.9 Å². The lowest BCUT2D eigenvalue weighted by atomic mass is 10.1. The number of rotatable bonds is 5. The van der Waals surface area contributed by atoms with Gasteiger partial charge in [0.1, 0.15) is 22.8 Å². The molecule has 2 N–H and O–H groups in total. The van der Waals surface area contributed by atoms with Crippen LogP contribution >= 0.6 is 0 Å². The zero-order valence-electron chi connectivity index (χ0n) is 21.7. The first-order chi connectivity index (χ1) is 18.3. The number of nitrogens with one attached hydrogen (secondary N) is 1. The number of aromatic nitrogens is 2. The van der Waals surface area contributed by atoms with Gasteiger partial charge in [0.25, 0.3) is 0 Å². The van der Waals surface area contributed by atoms with E-state index in [0.29, 0.717) is 19.2 Å². The minimum atomic E-state index is -1.58. The molecule has 39 heavy (non-hydrogen) atoms. The predicted molar refractivity (Wildman–Crippen MR) is 136 cm³/mol. The van der Waals surface area contributed by atoms with Crippen molar-refractivity contribution in [2.45, 2.75) is 39.3 Å². The quantitative estimate of drug-likeness (QED) is 0.497. The zero-order valence-corrected chi connectivity index (χ0v) is 21.7. The van der Waals surface area contributed by atoms with Gasteiger partial charge in [-0.3, -0.25) is 9.36 Å². The van der Waals surface area contributed by atoms with Gasteiger partial charge in [-0.2, -0.15) is 0 Å². The van der Waals surface area contributed by atoms with Crippen molar-refractivity contribution in [1.29, 1.82) is 0 Å². The highest BCUT2D eigenvalue weighted by Crippen LogP contribution is 2.55. The van der Waals surface area contributed by atoms with E-state index >= 15 is 4.39 Å². The van der Waals surface area contributed by atoms with Gasteiger partial charge in [0, 0.05) is 31.4 Å². The van der Waals surface area contributed by atoms with Crippen LogP contribution < -0.4 is 15.6 Å². The number of hydrogen-bond acceptors (Lipinski definition) is 6. The molecule has 0 spiro atoms. The normalized spacial score (nSPS) is 22.1. The Labute approximate surface area is 221 Å². The summed E-state index contributed by atoms with van der Waals surface area (Å²) < 4.78 is 50.0. The number of halogens is 3. The molecule has 2 aliphatic rings. The standard InChI is InChI=1S/C27H27F3N4O5/c1-12-21-15(9-31-26(38)39-27(2,3)4)16(21)10-33(12)24-19(30)8-14-22(35)17(25(36)37)11-34(23(14)32-24)20-6-5-13(28)7-18(20)29/h5-8,11-12,15-16,21H,9-10H2,1-4H3,(H,31,38)(H,36,37)/t12-,15-,16-,21-/m1/s1. The summed E-state index contributed by atoms with van der Waals surface area (Å²) in [4.78, 5) is 42.7. The number of hydrogen-bond donors (Lipinski definition) is 2.